The van der Waals surface area contributed by atoms with Gasteiger partial charge in [-0.2, -0.15) is 4.98 Å². The molecule has 1 amide bonds. The number of nitrogen functional groups attached to an aromatic ring is 1. The Morgan fingerprint density at radius 1 is 0.977 bits per heavy atom. The lowest BCUT2D eigenvalue weighted by molar-refractivity contribution is -0.140. The zero-order valence-electron chi connectivity index (χ0n) is 23.4. The summed E-state index contributed by atoms with van der Waals surface area (Å²) in [7, 11) is 0. The number of pyridine rings is 2. The molecule has 0 bridgehead atoms. The molecule has 0 aliphatic carbocycles. The molecule has 2 atom stereocenters. The molecule has 1 aliphatic rings. The van der Waals surface area contributed by atoms with Crippen LogP contribution < -0.4 is 32.6 Å². The molecule has 15 heteroatoms. The number of nitrogens with zero attached hydrogens (tertiary/aromatic N) is 3. The first-order valence-electron chi connectivity index (χ1n) is 13.5. The fraction of sp³-hybridized carbons (Fsp3) is 0.207. The van der Waals surface area contributed by atoms with Crippen LogP contribution in [-0.4, -0.2) is 73.2 Å². The maximum absolute atomic E-state index is 12.3. The van der Waals surface area contributed by atoms with Gasteiger partial charge in [-0.15, -0.1) is 0 Å². The van der Waals surface area contributed by atoms with Gasteiger partial charge in [0.25, 0.3) is 11.5 Å². The lowest BCUT2D eigenvalue weighted by Crippen LogP contribution is -2.41. The van der Waals surface area contributed by atoms with E-state index in [2.05, 4.69) is 41.2 Å². The van der Waals surface area contributed by atoms with Crippen molar-refractivity contribution in [3.05, 3.63) is 89.0 Å². The molecule has 44 heavy (non-hydrogen) atoms. The van der Waals surface area contributed by atoms with Crippen LogP contribution in [0.15, 0.2) is 77.9 Å². The molecule has 0 spiro atoms. The molecule has 4 heterocycles. The van der Waals surface area contributed by atoms with Crippen molar-refractivity contribution < 1.29 is 24.6 Å². The predicted octanol–water partition coefficient (Wildman–Crippen LogP) is 1.86. The van der Waals surface area contributed by atoms with E-state index < -0.39 is 23.9 Å². The number of aromatic amines is 1. The van der Waals surface area contributed by atoms with E-state index in [1.807, 2.05) is 36.4 Å². The summed E-state index contributed by atoms with van der Waals surface area (Å²) >= 11 is 0. The van der Waals surface area contributed by atoms with Gasteiger partial charge in [-0.25, -0.2) is 4.79 Å². The lowest BCUT2D eigenvalue weighted by atomic mass is 10.1. The Labute approximate surface area is 251 Å². The van der Waals surface area contributed by atoms with Gasteiger partial charge in [0.1, 0.15) is 11.7 Å². The second kappa shape index (κ2) is 14.8. The average Bonchev–Trinajstić information content (AvgIpc) is 3.03. The summed E-state index contributed by atoms with van der Waals surface area (Å²) in [5.41, 5.74) is 8.23. The number of H-pyrrole nitrogens is 1. The number of carbonyl (C=O) groups is 3. The minimum atomic E-state index is -1.30. The number of carboxylic acids is 2. The van der Waals surface area contributed by atoms with Gasteiger partial charge in [-0.3, -0.25) is 29.3 Å². The third-order valence-corrected chi connectivity index (χ3v) is 6.34. The number of aliphatic carboxylic acids is 2. The summed E-state index contributed by atoms with van der Waals surface area (Å²) in [6.07, 6.45) is 2.95. The Balaban J connectivity index is 0.000000305. The molecule has 1 aromatic carbocycles. The van der Waals surface area contributed by atoms with E-state index >= 15 is 0 Å². The first kappa shape index (κ1) is 31.0. The zero-order valence-corrected chi connectivity index (χ0v) is 23.4. The minimum Gasteiger partial charge on any atom is -0.481 e. The Morgan fingerprint density at radius 2 is 1.64 bits per heavy atom. The minimum absolute atomic E-state index is 0.0281. The second-order valence-corrected chi connectivity index (χ2v) is 9.58. The van der Waals surface area contributed by atoms with Crippen LogP contribution in [-0.2, 0) is 9.59 Å². The molecule has 0 radical (unpaired) electrons. The maximum atomic E-state index is 12.3. The van der Waals surface area contributed by atoms with Crippen molar-refractivity contribution in [1.29, 1.82) is 0 Å². The number of anilines is 4. The third-order valence-electron chi connectivity index (χ3n) is 6.34. The molecule has 228 valence electrons. The highest BCUT2D eigenvalue weighted by Gasteiger charge is 2.23. The van der Waals surface area contributed by atoms with Crippen LogP contribution in [0.5, 0.6) is 0 Å². The Kier molecular flexibility index (Phi) is 10.4. The van der Waals surface area contributed by atoms with Crippen LogP contribution in [0.2, 0.25) is 0 Å². The molecule has 1 aliphatic heterocycles. The molecular formula is C29H31N9O6. The van der Waals surface area contributed by atoms with Crippen LogP contribution in [0.1, 0.15) is 23.2 Å². The number of fused-ring (bicyclic) bond motifs is 1. The van der Waals surface area contributed by atoms with E-state index in [-0.39, 0.29) is 36.0 Å². The highest BCUT2D eigenvalue weighted by molar-refractivity contribution is 5.97. The van der Waals surface area contributed by atoms with Gasteiger partial charge >= 0.3 is 11.9 Å². The number of rotatable bonds is 10. The van der Waals surface area contributed by atoms with Gasteiger partial charge < -0.3 is 37.2 Å². The summed E-state index contributed by atoms with van der Waals surface area (Å²) in [6, 6.07) is 16.5. The van der Waals surface area contributed by atoms with Crippen LogP contribution >= 0.6 is 0 Å². The fourth-order valence-electron chi connectivity index (χ4n) is 4.13. The number of amides is 1. The first-order valence-corrected chi connectivity index (χ1v) is 13.5. The molecular weight excluding hydrogens is 570 g/mol. The van der Waals surface area contributed by atoms with Crippen LogP contribution in [0, 0.1) is 0 Å². The van der Waals surface area contributed by atoms with Gasteiger partial charge in [0.05, 0.1) is 17.4 Å². The molecule has 9 N–H and O–H groups in total. The smallest absolute Gasteiger partial charge is 0.326 e. The summed E-state index contributed by atoms with van der Waals surface area (Å²) in [5.74, 6) is -2.64. The van der Waals surface area contributed by atoms with Crippen molar-refractivity contribution in [3.8, 4) is 11.4 Å². The van der Waals surface area contributed by atoms with Gasteiger partial charge in [0, 0.05) is 43.2 Å². The van der Waals surface area contributed by atoms with Crippen molar-refractivity contribution in [3.63, 3.8) is 0 Å². The van der Waals surface area contributed by atoms with Gasteiger partial charge in [0.15, 0.2) is 5.82 Å². The van der Waals surface area contributed by atoms with Crippen molar-refractivity contribution in [1.82, 2.24) is 25.3 Å². The molecule has 0 saturated carbocycles. The molecule has 5 rings (SSSR count). The molecule has 15 nitrogen and oxygen atoms in total. The molecule has 0 unspecified atom stereocenters. The van der Waals surface area contributed by atoms with E-state index in [1.54, 1.807) is 24.5 Å². The largest absolute Gasteiger partial charge is 0.481 e. The number of carboxylic acid groups (broad SMARTS) is 2. The van der Waals surface area contributed by atoms with E-state index in [0.29, 0.717) is 30.3 Å². The van der Waals surface area contributed by atoms with E-state index in [9.17, 15) is 19.2 Å². The number of hydrogen-bond acceptors (Lipinski definition) is 11. The standard InChI is InChI=1S/C19H23N7O6.C10H8N2/c20-19-25-15-14(17(30)26-19)23-11(8-22-15)7-21-10-3-1-9(2-4-10)16(29)24-12(18(31)32)5-6-13(27)28;1-3-7-11-9(5-1)10-6-2-4-8-12-10/h1-4,11-12,21,23H,5-8H2,(H,24,29)(H,27,28)(H,31,32)(H4,20,22,25,26,30);1-8H/t11-,12+;/m1./s1. The molecule has 4 aromatic rings. The number of benzene rings is 1. The predicted molar refractivity (Wildman–Crippen MR) is 163 cm³/mol. The topological polar surface area (TPSA) is 237 Å². The van der Waals surface area contributed by atoms with Crippen molar-refractivity contribution in [2.45, 2.75) is 24.9 Å². The van der Waals surface area contributed by atoms with E-state index in [0.717, 1.165) is 11.4 Å². The van der Waals surface area contributed by atoms with Gasteiger partial charge in [-0.05, 0) is 55.0 Å². The molecule has 3 aromatic heterocycles. The Bertz CT molecular complexity index is 1600. The van der Waals surface area contributed by atoms with Crippen LogP contribution in [0.25, 0.3) is 11.4 Å². The number of carbonyl (C=O) groups excluding carboxylic acids is 1. The summed E-state index contributed by atoms with van der Waals surface area (Å²) in [4.78, 5) is 61.0. The highest BCUT2D eigenvalue weighted by Crippen LogP contribution is 2.20. The Hall–Kier alpha value is -5.99. The SMILES string of the molecule is Nc1nc2c(c(=O)[nH]1)N[C@H](CNc1ccc(C(=O)N[C@@H](CCC(=O)O)C(=O)O)cc1)CN2.c1ccc(-c2ccccn2)nc1. The normalized spacial score (nSPS) is 13.9. The molecule has 0 fully saturated rings. The monoisotopic (exact) mass is 601 g/mol. The van der Waals surface area contributed by atoms with Crippen LogP contribution in [0.4, 0.5) is 23.1 Å². The number of nitrogens with one attached hydrogen (secondary N) is 5. The van der Waals surface area contributed by atoms with E-state index in [1.165, 1.54) is 12.1 Å². The average molecular weight is 602 g/mol. The van der Waals surface area contributed by atoms with Crippen LogP contribution in [0.3, 0.4) is 0 Å². The molecule has 0 saturated heterocycles. The van der Waals surface area contributed by atoms with Crippen molar-refractivity contribution >= 4 is 41.0 Å². The zero-order chi connectivity index (χ0) is 31.5. The van der Waals surface area contributed by atoms with Crippen molar-refractivity contribution in [2.75, 3.05) is 34.8 Å². The Morgan fingerprint density at radius 3 is 2.20 bits per heavy atom. The van der Waals surface area contributed by atoms with Gasteiger partial charge in [-0.1, -0.05) is 12.1 Å². The highest BCUT2D eigenvalue weighted by atomic mass is 16.4. The number of hydrogen-bond donors (Lipinski definition) is 8. The second-order valence-electron chi connectivity index (χ2n) is 9.58. The quantitative estimate of drug-likeness (QED) is 0.130. The van der Waals surface area contributed by atoms with Gasteiger partial charge in [0.2, 0.25) is 5.95 Å². The fourth-order valence-corrected chi connectivity index (χ4v) is 4.13. The maximum Gasteiger partial charge on any atom is 0.326 e. The van der Waals surface area contributed by atoms with Crippen molar-refractivity contribution in [2.24, 2.45) is 0 Å². The first-order chi connectivity index (χ1) is 21.2. The summed E-state index contributed by atoms with van der Waals surface area (Å²) in [6.45, 7) is 0.960. The summed E-state index contributed by atoms with van der Waals surface area (Å²) in [5, 5.41) is 29.5. The third kappa shape index (κ3) is 8.75. The van der Waals surface area contributed by atoms with E-state index in [4.69, 9.17) is 15.9 Å². The summed E-state index contributed by atoms with van der Waals surface area (Å²) < 4.78 is 0. The number of nitrogens with two attached hydrogens (primary N) is 1. The lowest BCUT2D eigenvalue weighted by Gasteiger charge is -2.27. The number of aromatic nitrogens is 4.